The summed E-state index contributed by atoms with van der Waals surface area (Å²) in [6, 6.07) is 8.39. The van der Waals surface area contributed by atoms with Crippen molar-refractivity contribution >= 4 is 6.29 Å². The van der Waals surface area contributed by atoms with Gasteiger partial charge in [0, 0.05) is 6.54 Å². The van der Waals surface area contributed by atoms with Crippen LogP contribution in [0.3, 0.4) is 0 Å². The molecule has 0 bridgehead atoms. The topological polar surface area (TPSA) is 20.3 Å². The number of carbonyl (C=O) groups is 1. The first-order valence-corrected chi connectivity index (χ1v) is 4.53. The fourth-order valence-electron chi connectivity index (χ4n) is 1.83. The average Bonchev–Trinajstić information content (AvgIpc) is 2.17. The molecular weight excluding hydrogens is 162 g/mol. The molecule has 68 valence electrons. The molecule has 1 aliphatic rings. The van der Waals surface area contributed by atoms with Crippen molar-refractivity contribution in [1.82, 2.24) is 4.90 Å². The maximum Gasteiger partial charge on any atom is 0.137 e. The summed E-state index contributed by atoms with van der Waals surface area (Å²) in [4.78, 5) is 12.8. The van der Waals surface area contributed by atoms with Crippen LogP contribution in [0.5, 0.6) is 0 Å². The first kappa shape index (κ1) is 8.45. The Balaban J connectivity index is 2.32. The molecule has 1 aromatic rings. The Morgan fingerprint density at radius 1 is 1.38 bits per heavy atom. The van der Waals surface area contributed by atoms with Crippen molar-refractivity contribution in [2.75, 3.05) is 7.05 Å². The maximum absolute atomic E-state index is 10.7. The molecule has 1 atom stereocenters. The minimum Gasteiger partial charge on any atom is -0.302 e. The molecular formula is C11H13NO. The highest BCUT2D eigenvalue weighted by molar-refractivity contribution is 5.59. The number of carbonyl (C=O) groups excluding carboxylic acids is 1. The van der Waals surface area contributed by atoms with Crippen molar-refractivity contribution in [1.29, 1.82) is 0 Å². The van der Waals surface area contributed by atoms with Gasteiger partial charge >= 0.3 is 0 Å². The molecule has 0 fully saturated rings. The fourth-order valence-corrected chi connectivity index (χ4v) is 1.83. The molecule has 1 aliphatic heterocycles. The second-order valence-electron chi connectivity index (χ2n) is 3.59. The molecule has 0 aromatic heterocycles. The van der Waals surface area contributed by atoms with E-state index in [-0.39, 0.29) is 6.04 Å². The number of nitrogens with zero attached hydrogens (tertiary/aromatic N) is 1. The van der Waals surface area contributed by atoms with Gasteiger partial charge in [0.1, 0.15) is 6.29 Å². The predicted octanol–water partition coefficient (Wildman–Crippen LogP) is 1.24. The van der Waals surface area contributed by atoms with E-state index in [1.54, 1.807) is 0 Å². The fraction of sp³-hybridized carbons (Fsp3) is 0.364. The summed E-state index contributed by atoms with van der Waals surface area (Å²) in [7, 11) is 2.00. The van der Waals surface area contributed by atoms with Gasteiger partial charge in [0.05, 0.1) is 6.04 Å². The highest BCUT2D eigenvalue weighted by Gasteiger charge is 2.21. The van der Waals surface area contributed by atoms with E-state index in [2.05, 4.69) is 17.0 Å². The molecule has 0 N–H and O–H groups in total. The van der Waals surface area contributed by atoms with Crippen LogP contribution in [0.2, 0.25) is 0 Å². The number of hydrogen-bond acceptors (Lipinski definition) is 2. The third kappa shape index (κ3) is 1.49. The van der Waals surface area contributed by atoms with E-state index in [1.807, 2.05) is 19.2 Å². The van der Waals surface area contributed by atoms with Gasteiger partial charge in [0.2, 0.25) is 0 Å². The van der Waals surface area contributed by atoms with E-state index in [0.717, 1.165) is 19.3 Å². The zero-order chi connectivity index (χ0) is 9.26. The van der Waals surface area contributed by atoms with E-state index < -0.39 is 0 Å². The first-order valence-electron chi connectivity index (χ1n) is 4.53. The summed E-state index contributed by atoms with van der Waals surface area (Å²) in [6.07, 6.45) is 1.89. The number of aldehydes is 1. The van der Waals surface area contributed by atoms with E-state index in [4.69, 9.17) is 0 Å². The highest BCUT2D eigenvalue weighted by atomic mass is 16.1. The highest BCUT2D eigenvalue weighted by Crippen LogP contribution is 2.20. The van der Waals surface area contributed by atoms with Gasteiger partial charge in [-0.2, -0.15) is 0 Å². The molecule has 0 saturated heterocycles. The van der Waals surface area contributed by atoms with Gasteiger partial charge in [-0.1, -0.05) is 24.3 Å². The summed E-state index contributed by atoms with van der Waals surface area (Å²) in [5.74, 6) is 0. The lowest BCUT2D eigenvalue weighted by Gasteiger charge is -2.30. The summed E-state index contributed by atoms with van der Waals surface area (Å²) < 4.78 is 0. The minimum absolute atomic E-state index is 0.0647. The zero-order valence-corrected chi connectivity index (χ0v) is 7.73. The Kier molecular flexibility index (Phi) is 2.15. The third-order valence-corrected chi connectivity index (χ3v) is 2.69. The number of likely N-dealkylation sites (N-methyl/N-ethyl adjacent to an activating group) is 1. The minimum atomic E-state index is 0.0647. The first-order chi connectivity index (χ1) is 6.31. The molecule has 0 amide bonds. The van der Waals surface area contributed by atoms with Crippen LogP contribution in [0.15, 0.2) is 24.3 Å². The lowest BCUT2D eigenvalue weighted by molar-refractivity contribution is -0.112. The lowest BCUT2D eigenvalue weighted by atomic mass is 9.95. The van der Waals surface area contributed by atoms with Crippen LogP contribution < -0.4 is 0 Å². The Hall–Kier alpha value is -1.15. The third-order valence-electron chi connectivity index (χ3n) is 2.69. The summed E-state index contributed by atoms with van der Waals surface area (Å²) >= 11 is 0. The largest absolute Gasteiger partial charge is 0.302 e. The molecule has 2 heteroatoms. The van der Waals surface area contributed by atoms with Gasteiger partial charge in [0.15, 0.2) is 0 Å². The van der Waals surface area contributed by atoms with Crippen LogP contribution >= 0.6 is 0 Å². The van der Waals surface area contributed by atoms with Crippen LogP contribution in [0.1, 0.15) is 11.1 Å². The van der Waals surface area contributed by atoms with Crippen LogP contribution in [-0.4, -0.2) is 24.3 Å². The Bertz CT molecular complexity index is 322. The van der Waals surface area contributed by atoms with Gasteiger partial charge < -0.3 is 4.79 Å². The van der Waals surface area contributed by atoms with Crippen LogP contribution in [0.4, 0.5) is 0 Å². The second kappa shape index (κ2) is 3.30. The lowest BCUT2D eigenvalue weighted by Crippen LogP contribution is -2.38. The zero-order valence-electron chi connectivity index (χ0n) is 7.73. The maximum atomic E-state index is 10.7. The van der Waals surface area contributed by atoms with Gasteiger partial charge in [-0.15, -0.1) is 0 Å². The van der Waals surface area contributed by atoms with Crippen molar-refractivity contribution < 1.29 is 4.79 Å². The van der Waals surface area contributed by atoms with Crippen LogP contribution in [-0.2, 0) is 17.8 Å². The van der Waals surface area contributed by atoms with E-state index in [0.29, 0.717) is 0 Å². The molecule has 0 spiro atoms. The Morgan fingerprint density at radius 2 is 2.08 bits per heavy atom. The molecule has 0 unspecified atom stereocenters. The molecule has 0 saturated carbocycles. The molecule has 2 rings (SSSR count). The van der Waals surface area contributed by atoms with Crippen molar-refractivity contribution in [2.45, 2.75) is 19.0 Å². The Morgan fingerprint density at radius 3 is 2.77 bits per heavy atom. The molecule has 1 heterocycles. The molecule has 0 radical (unpaired) electrons. The van der Waals surface area contributed by atoms with Gasteiger partial charge in [0.25, 0.3) is 0 Å². The normalized spacial score (nSPS) is 22.4. The van der Waals surface area contributed by atoms with E-state index in [1.165, 1.54) is 11.1 Å². The predicted molar refractivity (Wildman–Crippen MR) is 51.5 cm³/mol. The average molecular weight is 175 g/mol. The van der Waals surface area contributed by atoms with E-state index >= 15 is 0 Å². The van der Waals surface area contributed by atoms with Crippen molar-refractivity contribution in [3.63, 3.8) is 0 Å². The molecule has 13 heavy (non-hydrogen) atoms. The number of rotatable bonds is 1. The van der Waals surface area contributed by atoms with Crippen LogP contribution in [0, 0.1) is 0 Å². The SMILES string of the molecule is CN1Cc2ccccc2C[C@H]1C=O. The number of benzene rings is 1. The number of fused-ring (bicyclic) bond motifs is 1. The monoisotopic (exact) mass is 175 g/mol. The summed E-state index contributed by atoms with van der Waals surface area (Å²) in [5.41, 5.74) is 2.67. The van der Waals surface area contributed by atoms with Crippen molar-refractivity contribution in [3.8, 4) is 0 Å². The smallest absolute Gasteiger partial charge is 0.137 e. The molecule has 0 aliphatic carbocycles. The van der Waals surface area contributed by atoms with Crippen molar-refractivity contribution in [3.05, 3.63) is 35.4 Å². The molecule has 1 aromatic carbocycles. The van der Waals surface area contributed by atoms with E-state index in [9.17, 15) is 4.79 Å². The summed E-state index contributed by atoms with van der Waals surface area (Å²) in [6.45, 7) is 0.888. The van der Waals surface area contributed by atoms with Crippen molar-refractivity contribution in [2.24, 2.45) is 0 Å². The molecule has 2 nitrogen and oxygen atoms in total. The second-order valence-corrected chi connectivity index (χ2v) is 3.59. The van der Waals surface area contributed by atoms with Crippen LogP contribution in [0.25, 0.3) is 0 Å². The van der Waals surface area contributed by atoms with Gasteiger partial charge in [-0.05, 0) is 24.6 Å². The summed E-state index contributed by atoms with van der Waals surface area (Å²) in [5, 5.41) is 0. The van der Waals surface area contributed by atoms with Gasteiger partial charge in [-0.3, -0.25) is 4.90 Å². The number of hydrogen-bond donors (Lipinski definition) is 0. The Labute approximate surface area is 78.2 Å². The van der Waals surface area contributed by atoms with Gasteiger partial charge in [-0.25, -0.2) is 0 Å². The standard InChI is InChI=1S/C11H13NO/c1-12-7-10-5-3-2-4-9(10)6-11(12)8-13/h2-5,8,11H,6-7H2,1H3/t11-/m0/s1. The quantitative estimate of drug-likeness (QED) is 0.598.